The molecule has 0 aliphatic carbocycles. The zero-order valence-electron chi connectivity index (χ0n) is 12.9. The van der Waals surface area contributed by atoms with Crippen LogP contribution in [0.5, 0.6) is 11.5 Å². The first-order valence-corrected chi connectivity index (χ1v) is 9.04. The van der Waals surface area contributed by atoms with E-state index in [9.17, 15) is 18.3 Å². The number of carboxylic acid groups (broad SMARTS) is 1. The van der Waals surface area contributed by atoms with Crippen molar-refractivity contribution in [3.8, 4) is 11.5 Å². The van der Waals surface area contributed by atoms with Gasteiger partial charge in [0.15, 0.2) is 9.84 Å². The summed E-state index contributed by atoms with van der Waals surface area (Å²) < 4.78 is 31.3. The Balaban J connectivity index is 2.30. The predicted octanol–water partition coefficient (Wildman–Crippen LogP) is 3.47. The van der Waals surface area contributed by atoms with E-state index in [1.54, 1.807) is 26.1 Å². The van der Waals surface area contributed by atoms with Crippen molar-refractivity contribution in [3.05, 3.63) is 46.0 Å². The minimum atomic E-state index is -3.79. The molecule has 0 atom stereocenters. The van der Waals surface area contributed by atoms with Crippen molar-refractivity contribution in [2.45, 2.75) is 17.6 Å². The highest BCUT2D eigenvalue weighted by Crippen LogP contribution is 2.44. The molecular formula is C16H14ClNO5S. The van der Waals surface area contributed by atoms with Crippen molar-refractivity contribution < 1.29 is 23.1 Å². The summed E-state index contributed by atoms with van der Waals surface area (Å²) in [5.41, 5.74) is 1.38. The highest BCUT2D eigenvalue weighted by atomic mass is 35.5. The average Bonchev–Trinajstić information content (AvgIpc) is 2.61. The zero-order chi connectivity index (χ0) is 17.6. The van der Waals surface area contributed by atoms with Crippen LogP contribution in [0, 0.1) is 6.92 Å². The van der Waals surface area contributed by atoms with Crippen LogP contribution in [0.25, 0.3) is 0 Å². The molecule has 0 radical (unpaired) electrons. The van der Waals surface area contributed by atoms with Gasteiger partial charge in [-0.3, -0.25) is 0 Å². The Morgan fingerprint density at radius 2 is 1.96 bits per heavy atom. The van der Waals surface area contributed by atoms with Gasteiger partial charge in [-0.05, 0) is 36.8 Å². The summed E-state index contributed by atoms with van der Waals surface area (Å²) in [4.78, 5) is 11.1. The minimum Gasteiger partial charge on any atom is -0.478 e. The molecule has 6 nitrogen and oxygen atoms in total. The summed E-state index contributed by atoms with van der Waals surface area (Å²) in [6, 6.07) is 5.79. The predicted molar refractivity (Wildman–Crippen MR) is 90.1 cm³/mol. The number of fused-ring (bicyclic) bond motifs is 2. The number of aryl methyl sites for hydroxylation is 1. The Morgan fingerprint density at radius 3 is 2.58 bits per heavy atom. The molecule has 2 N–H and O–H groups in total. The molecule has 0 saturated carbocycles. The number of hydrogen-bond acceptors (Lipinski definition) is 5. The molecule has 0 amide bonds. The van der Waals surface area contributed by atoms with Crippen molar-refractivity contribution in [1.29, 1.82) is 0 Å². The van der Waals surface area contributed by atoms with Crippen LogP contribution in [-0.2, 0) is 15.6 Å². The third-order valence-electron chi connectivity index (χ3n) is 3.78. The number of halogens is 1. The van der Waals surface area contributed by atoms with Crippen molar-refractivity contribution in [2.24, 2.45) is 0 Å². The molecule has 1 heterocycles. The van der Waals surface area contributed by atoms with Gasteiger partial charge in [-0.1, -0.05) is 11.6 Å². The fourth-order valence-corrected chi connectivity index (χ4v) is 4.48. The molecule has 126 valence electrons. The zero-order valence-corrected chi connectivity index (χ0v) is 14.5. The quantitative estimate of drug-likeness (QED) is 0.844. The Kier molecular flexibility index (Phi) is 3.93. The lowest BCUT2D eigenvalue weighted by Crippen LogP contribution is -2.07. The van der Waals surface area contributed by atoms with Crippen LogP contribution in [0.15, 0.2) is 29.2 Å². The topological polar surface area (TPSA) is 92.7 Å². The number of ether oxygens (including phenoxy) is 1. The van der Waals surface area contributed by atoms with Gasteiger partial charge in [0.1, 0.15) is 16.4 Å². The number of aromatic carboxylic acids is 1. The highest BCUT2D eigenvalue weighted by molar-refractivity contribution is 7.90. The van der Waals surface area contributed by atoms with Crippen molar-refractivity contribution in [1.82, 2.24) is 0 Å². The van der Waals surface area contributed by atoms with Crippen LogP contribution in [0.2, 0.25) is 5.02 Å². The number of benzene rings is 2. The average molecular weight is 368 g/mol. The molecule has 0 aromatic heterocycles. The first-order chi connectivity index (χ1) is 11.2. The van der Waals surface area contributed by atoms with Crippen LogP contribution in [-0.4, -0.2) is 26.5 Å². The molecular weight excluding hydrogens is 354 g/mol. The molecule has 0 spiro atoms. The van der Waals surface area contributed by atoms with Gasteiger partial charge in [0.05, 0.1) is 16.3 Å². The fourth-order valence-electron chi connectivity index (χ4n) is 2.63. The number of carboxylic acids is 1. The molecule has 0 fully saturated rings. The Morgan fingerprint density at radius 1 is 1.25 bits per heavy atom. The molecule has 3 rings (SSSR count). The normalized spacial score (nSPS) is 14.8. The second kappa shape index (κ2) is 5.68. The molecule has 1 aliphatic rings. The number of nitrogens with one attached hydrogen (secondary N) is 1. The standard InChI is InChI=1S/C16H14ClNO5S/c1-8-3-9(16(19)20)5-13-14(8)23-15-10(7-24(13,21)22)4-11(18-2)6-12(15)17/h3-6,18H,7H2,1-2H3,(H,19,20). The van der Waals surface area contributed by atoms with Crippen LogP contribution in [0.3, 0.4) is 0 Å². The maximum Gasteiger partial charge on any atom is 0.335 e. The molecule has 1 aliphatic heterocycles. The minimum absolute atomic E-state index is 0.105. The van der Waals surface area contributed by atoms with Crippen LogP contribution in [0.4, 0.5) is 5.69 Å². The van der Waals surface area contributed by atoms with Crippen molar-refractivity contribution in [3.63, 3.8) is 0 Å². The van der Waals surface area contributed by atoms with E-state index in [4.69, 9.17) is 16.3 Å². The van der Waals surface area contributed by atoms with Gasteiger partial charge >= 0.3 is 5.97 Å². The number of rotatable bonds is 2. The lowest BCUT2D eigenvalue weighted by molar-refractivity contribution is 0.0696. The first kappa shape index (κ1) is 16.6. The Hall–Kier alpha value is -2.25. The lowest BCUT2D eigenvalue weighted by atomic mass is 10.1. The second-order valence-corrected chi connectivity index (χ2v) is 7.85. The van der Waals surface area contributed by atoms with Gasteiger partial charge in [0.2, 0.25) is 0 Å². The number of carbonyl (C=O) groups is 1. The van der Waals surface area contributed by atoms with E-state index in [0.29, 0.717) is 16.8 Å². The van der Waals surface area contributed by atoms with Gasteiger partial charge < -0.3 is 15.2 Å². The summed E-state index contributed by atoms with van der Waals surface area (Å²) in [6.07, 6.45) is 0. The molecule has 0 bridgehead atoms. The van der Waals surface area contributed by atoms with Crippen LogP contribution < -0.4 is 10.1 Å². The van der Waals surface area contributed by atoms with Crippen LogP contribution in [0.1, 0.15) is 21.5 Å². The van der Waals surface area contributed by atoms with E-state index in [1.807, 2.05) is 0 Å². The molecule has 8 heteroatoms. The molecule has 2 aromatic carbocycles. The third-order valence-corrected chi connectivity index (χ3v) is 5.73. The molecule has 24 heavy (non-hydrogen) atoms. The SMILES string of the molecule is CNc1cc(Cl)c2c(c1)CS(=O)(=O)c1cc(C(=O)O)cc(C)c1O2. The van der Waals surface area contributed by atoms with E-state index >= 15 is 0 Å². The maximum atomic E-state index is 12.8. The Labute approximate surface area is 143 Å². The summed E-state index contributed by atoms with van der Waals surface area (Å²) in [5, 5.41) is 12.4. The van der Waals surface area contributed by atoms with E-state index in [-0.39, 0.29) is 32.7 Å². The van der Waals surface area contributed by atoms with Gasteiger partial charge in [0, 0.05) is 18.3 Å². The van der Waals surface area contributed by atoms with Gasteiger partial charge in [-0.15, -0.1) is 0 Å². The third kappa shape index (κ3) is 2.70. The fraction of sp³-hybridized carbons (Fsp3) is 0.188. The maximum absolute atomic E-state index is 12.8. The van der Waals surface area contributed by atoms with E-state index in [2.05, 4.69) is 5.32 Å². The first-order valence-electron chi connectivity index (χ1n) is 7.01. The summed E-state index contributed by atoms with van der Waals surface area (Å²) in [5.74, 6) is -1.15. The number of sulfone groups is 1. The smallest absolute Gasteiger partial charge is 0.335 e. The van der Waals surface area contributed by atoms with Gasteiger partial charge in [-0.2, -0.15) is 0 Å². The Bertz CT molecular complexity index is 969. The number of hydrogen-bond donors (Lipinski definition) is 2. The molecule has 0 saturated heterocycles. The monoisotopic (exact) mass is 367 g/mol. The lowest BCUT2D eigenvalue weighted by Gasteiger charge is -2.13. The second-order valence-electron chi connectivity index (χ2n) is 5.48. The summed E-state index contributed by atoms with van der Waals surface area (Å²) >= 11 is 6.24. The van der Waals surface area contributed by atoms with Crippen molar-refractivity contribution in [2.75, 3.05) is 12.4 Å². The summed E-state index contributed by atoms with van der Waals surface area (Å²) in [6.45, 7) is 1.60. The molecule has 2 aromatic rings. The van der Waals surface area contributed by atoms with Gasteiger partial charge in [0.25, 0.3) is 0 Å². The van der Waals surface area contributed by atoms with Crippen molar-refractivity contribution >= 4 is 33.1 Å². The van der Waals surface area contributed by atoms with E-state index < -0.39 is 15.8 Å². The highest BCUT2D eigenvalue weighted by Gasteiger charge is 2.31. The summed E-state index contributed by atoms with van der Waals surface area (Å²) in [7, 11) is -2.09. The van der Waals surface area contributed by atoms with Gasteiger partial charge in [-0.25, -0.2) is 13.2 Å². The number of anilines is 1. The van der Waals surface area contributed by atoms with E-state index in [1.165, 1.54) is 6.07 Å². The largest absolute Gasteiger partial charge is 0.478 e. The molecule has 0 unspecified atom stereocenters. The van der Waals surface area contributed by atoms with E-state index in [0.717, 1.165) is 6.07 Å². The van der Waals surface area contributed by atoms with Crippen LogP contribution >= 0.6 is 11.6 Å².